The van der Waals surface area contributed by atoms with Crippen molar-refractivity contribution in [2.24, 2.45) is 0 Å². The van der Waals surface area contributed by atoms with E-state index in [9.17, 15) is 0 Å². The number of hydrogen-bond donors (Lipinski definition) is 0. The third kappa shape index (κ3) is 4.50. The van der Waals surface area contributed by atoms with Gasteiger partial charge in [-0.05, 0) is 81.9 Å². The lowest BCUT2D eigenvalue weighted by Crippen LogP contribution is -2.31. The van der Waals surface area contributed by atoms with Crippen LogP contribution in [-0.4, -0.2) is 0 Å². The Morgan fingerprint density at radius 2 is 0.982 bits per heavy atom. The van der Waals surface area contributed by atoms with E-state index < -0.39 is 5.41 Å². The summed E-state index contributed by atoms with van der Waals surface area (Å²) in [6, 6.07) is 67.9. The summed E-state index contributed by atoms with van der Waals surface area (Å²) in [6.45, 7) is 4.60. The molecule has 0 unspecified atom stereocenters. The summed E-state index contributed by atoms with van der Waals surface area (Å²) in [5, 5.41) is 2.22. The van der Waals surface area contributed by atoms with Crippen molar-refractivity contribution < 1.29 is 9.15 Å². The van der Waals surface area contributed by atoms with Crippen LogP contribution in [-0.2, 0) is 10.8 Å². The molecule has 8 aromatic carbocycles. The van der Waals surface area contributed by atoms with Crippen molar-refractivity contribution in [3.05, 3.63) is 221 Å². The number of rotatable bonds is 5. The smallest absolute Gasteiger partial charge is 0.137 e. The third-order valence-corrected chi connectivity index (χ3v) is 12.0. The van der Waals surface area contributed by atoms with Gasteiger partial charge in [0.15, 0.2) is 0 Å². The fourth-order valence-corrected chi connectivity index (χ4v) is 9.52. The van der Waals surface area contributed by atoms with E-state index in [4.69, 9.17) is 9.15 Å². The Kier molecular flexibility index (Phi) is 6.81. The van der Waals surface area contributed by atoms with Gasteiger partial charge in [-0.15, -0.1) is 0 Å². The van der Waals surface area contributed by atoms with Gasteiger partial charge >= 0.3 is 0 Å². The first-order chi connectivity index (χ1) is 27.0. The van der Waals surface area contributed by atoms with Gasteiger partial charge in [-0.25, -0.2) is 0 Å². The molecular weight excluding hydrogens is 671 g/mol. The number of hydrogen-bond acceptors (Lipinski definition) is 3. The quantitative estimate of drug-likeness (QED) is 0.178. The predicted molar refractivity (Wildman–Crippen MR) is 224 cm³/mol. The van der Waals surface area contributed by atoms with Crippen LogP contribution in [0, 0.1) is 0 Å². The number of anilines is 3. The number of para-hydroxylation sites is 3. The first-order valence-corrected chi connectivity index (χ1v) is 19.0. The summed E-state index contributed by atoms with van der Waals surface area (Å²) in [6.07, 6.45) is 0. The van der Waals surface area contributed by atoms with E-state index in [-0.39, 0.29) is 5.41 Å². The molecule has 0 atom stereocenters. The van der Waals surface area contributed by atoms with Gasteiger partial charge in [0.05, 0.1) is 11.1 Å². The van der Waals surface area contributed by atoms with Gasteiger partial charge in [-0.3, -0.25) is 0 Å². The molecule has 0 N–H and O–H groups in total. The Hall–Kier alpha value is -6.84. The average molecular weight is 708 g/mol. The molecule has 1 aliphatic heterocycles. The molecule has 3 heteroatoms. The largest absolute Gasteiger partial charge is 0.457 e. The lowest BCUT2D eigenvalue weighted by atomic mass is 9.67. The van der Waals surface area contributed by atoms with Gasteiger partial charge in [0, 0.05) is 44.8 Å². The third-order valence-electron chi connectivity index (χ3n) is 12.0. The zero-order valence-corrected chi connectivity index (χ0v) is 30.7. The van der Waals surface area contributed by atoms with Gasteiger partial charge in [-0.2, -0.15) is 0 Å². The molecule has 262 valence electrons. The van der Waals surface area contributed by atoms with E-state index in [1.54, 1.807) is 0 Å². The molecule has 0 saturated carbocycles. The number of ether oxygens (including phenoxy) is 1. The van der Waals surface area contributed by atoms with Crippen molar-refractivity contribution in [2.45, 2.75) is 24.7 Å². The Morgan fingerprint density at radius 3 is 1.76 bits per heavy atom. The Bertz CT molecular complexity index is 2910. The second-order valence-electron chi connectivity index (χ2n) is 15.2. The highest BCUT2D eigenvalue weighted by atomic mass is 16.5. The highest BCUT2D eigenvalue weighted by molar-refractivity contribution is 6.06. The van der Waals surface area contributed by atoms with E-state index in [0.717, 1.165) is 56.1 Å². The summed E-state index contributed by atoms with van der Waals surface area (Å²) in [7, 11) is 0. The Balaban J connectivity index is 1.21. The van der Waals surface area contributed by atoms with Crippen molar-refractivity contribution in [1.82, 2.24) is 0 Å². The highest BCUT2D eigenvalue weighted by Crippen LogP contribution is 2.59. The van der Waals surface area contributed by atoms with Gasteiger partial charge in [-0.1, -0.05) is 147 Å². The zero-order valence-electron chi connectivity index (χ0n) is 30.7. The lowest BCUT2D eigenvalue weighted by Gasteiger charge is -2.39. The molecule has 0 fully saturated rings. The van der Waals surface area contributed by atoms with Crippen molar-refractivity contribution in [3.63, 3.8) is 0 Å². The number of furan rings is 1. The van der Waals surface area contributed by atoms with E-state index in [0.29, 0.717) is 0 Å². The minimum Gasteiger partial charge on any atom is -0.457 e. The van der Waals surface area contributed by atoms with Crippen LogP contribution in [0.15, 0.2) is 192 Å². The van der Waals surface area contributed by atoms with Crippen LogP contribution in [0.4, 0.5) is 17.1 Å². The van der Waals surface area contributed by atoms with E-state index in [1.165, 1.54) is 38.9 Å². The number of fused-ring (bicyclic) bond motifs is 8. The summed E-state index contributed by atoms with van der Waals surface area (Å²) in [4.78, 5) is 2.42. The van der Waals surface area contributed by atoms with E-state index in [2.05, 4.69) is 189 Å². The number of benzene rings is 8. The fraction of sp³-hybridized carbons (Fsp3) is 0.0769. The van der Waals surface area contributed by atoms with Crippen LogP contribution in [0.3, 0.4) is 0 Å². The Labute approximate surface area is 320 Å². The summed E-state index contributed by atoms with van der Waals surface area (Å²) in [5.41, 5.74) is 13.8. The maximum Gasteiger partial charge on any atom is 0.137 e. The minimum absolute atomic E-state index is 0.289. The van der Waals surface area contributed by atoms with Gasteiger partial charge < -0.3 is 14.1 Å². The molecule has 55 heavy (non-hydrogen) atoms. The van der Waals surface area contributed by atoms with Gasteiger partial charge in [0.25, 0.3) is 0 Å². The minimum atomic E-state index is -0.595. The maximum absolute atomic E-state index is 6.57. The average Bonchev–Trinajstić information content (AvgIpc) is 3.75. The predicted octanol–water partition coefficient (Wildman–Crippen LogP) is 13.9. The molecule has 1 aliphatic carbocycles. The normalized spacial score (nSPS) is 14.4. The van der Waals surface area contributed by atoms with Gasteiger partial charge in [0.1, 0.15) is 22.7 Å². The van der Waals surface area contributed by atoms with Gasteiger partial charge in [0.2, 0.25) is 0 Å². The van der Waals surface area contributed by atoms with Crippen LogP contribution in [0.2, 0.25) is 0 Å². The van der Waals surface area contributed by atoms with Crippen molar-refractivity contribution in [1.29, 1.82) is 0 Å². The summed E-state index contributed by atoms with van der Waals surface area (Å²) in [5.74, 6) is 1.79. The van der Waals surface area contributed by atoms with Crippen molar-refractivity contribution in [3.8, 4) is 22.6 Å². The van der Waals surface area contributed by atoms with Crippen LogP contribution in [0.5, 0.6) is 11.5 Å². The molecule has 3 nitrogen and oxygen atoms in total. The van der Waals surface area contributed by atoms with Crippen LogP contribution < -0.4 is 9.64 Å². The molecule has 0 saturated heterocycles. The molecule has 9 aromatic rings. The second-order valence-corrected chi connectivity index (χ2v) is 15.2. The molecule has 2 aliphatic rings. The number of nitrogens with zero attached hydrogens (tertiary/aromatic N) is 1. The topological polar surface area (TPSA) is 25.6 Å². The molecule has 0 bridgehead atoms. The van der Waals surface area contributed by atoms with Crippen LogP contribution >= 0.6 is 0 Å². The van der Waals surface area contributed by atoms with E-state index >= 15 is 0 Å². The SMILES string of the molecule is CC1(C)c2ccccc2Oc2ccc(N(c3ccc4c(c3)oc3ccccc34)c3ccccc3C3(c4ccccc4)c4ccccc4-c4ccccc43)cc21. The maximum atomic E-state index is 6.57. The molecular formula is C52H37NO2. The van der Waals surface area contributed by atoms with E-state index in [1.807, 2.05) is 18.2 Å². The molecule has 11 rings (SSSR count). The second kappa shape index (κ2) is 11.8. The van der Waals surface area contributed by atoms with Crippen LogP contribution in [0.25, 0.3) is 33.1 Å². The lowest BCUT2D eigenvalue weighted by molar-refractivity contribution is 0.418. The highest BCUT2D eigenvalue weighted by Gasteiger charge is 2.47. The summed E-state index contributed by atoms with van der Waals surface area (Å²) >= 11 is 0. The molecule has 0 amide bonds. The molecule has 0 spiro atoms. The zero-order chi connectivity index (χ0) is 36.7. The Morgan fingerprint density at radius 1 is 0.418 bits per heavy atom. The molecule has 1 aromatic heterocycles. The first-order valence-electron chi connectivity index (χ1n) is 19.0. The standard InChI is InChI=1S/C52H37NO2/c1-51(2)44-24-12-15-27-48(44)55-49-31-29-35(32-45(49)51)53(36-28-30-40-39-20-8-14-26-47(39)54-50(40)33-36)46-25-13-11-23-43(46)52(34-16-4-3-5-17-34)41-21-9-6-18-37(41)38-19-7-10-22-42(38)52/h3-33H,1-2H3. The van der Waals surface area contributed by atoms with Crippen molar-refractivity contribution >= 4 is 39.0 Å². The fourth-order valence-electron chi connectivity index (χ4n) is 9.52. The first kappa shape index (κ1) is 31.7. The monoisotopic (exact) mass is 707 g/mol. The van der Waals surface area contributed by atoms with Crippen LogP contribution in [0.1, 0.15) is 47.2 Å². The summed E-state index contributed by atoms with van der Waals surface area (Å²) < 4.78 is 13.1. The molecule has 0 radical (unpaired) electrons. The molecule has 2 heterocycles. The van der Waals surface area contributed by atoms with Crippen molar-refractivity contribution in [2.75, 3.05) is 4.90 Å².